The van der Waals surface area contributed by atoms with Crippen molar-refractivity contribution >= 4 is 10.9 Å². The summed E-state index contributed by atoms with van der Waals surface area (Å²) in [6.45, 7) is 8.78. The van der Waals surface area contributed by atoms with Crippen molar-refractivity contribution in [3.8, 4) is 11.4 Å². The fourth-order valence-corrected chi connectivity index (χ4v) is 3.99. The summed E-state index contributed by atoms with van der Waals surface area (Å²) in [7, 11) is 0. The van der Waals surface area contributed by atoms with E-state index in [0.717, 1.165) is 25.3 Å². The predicted molar refractivity (Wildman–Crippen MR) is 109 cm³/mol. The van der Waals surface area contributed by atoms with E-state index in [1.54, 1.807) is 0 Å². The Hall–Kier alpha value is -2.26. The molecule has 2 aromatic carbocycles. The second-order valence-electron chi connectivity index (χ2n) is 7.43. The summed E-state index contributed by atoms with van der Waals surface area (Å²) in [5, 5.41) is 1.30. The van der Waals surface area contributed by atoms with Crippen LogP contribution in [0.15, 0.2) is 48.5 Å². The second-order valence-corrected chi connectivity index (χ2v) is 7.43. The van der Waals surface area contributed by atoms with Crippen molar-refractivity contribution in [2.45, 2.75) is 33.1 Å². The Labute approximate surface area is 156 Å². The third-order valence-corrected chi connectivity index (χ3v) is 5.32. The third kappa shape index (κ3) is 3.63. The van der Waals surface area contributed by atoms with E-state index in [1.807, 2.05) is 0 Å². The molecule has 0 atom stereocenters. The van der Waals surface area contributed by atoms with E-state index in [2.05, 4.69) is 71.8 Å². The molecule has 0 aliphatic carbocycles. The lowest BCUT2D eigenvalue weighted by Crippen LogP contribution is -2.21. The first-order valence-electron chi connectivity index (χ1n) is 9.75. The highest BCUT2D eigenvalue weighted by molar-refractivity contribution is 5.84. The number of benzene rings is 2. The van der Waals surface area contributed by atoms with Gasteiger partial charge in [0.2, 0.25) is 0 Å². The van der Waals surface area contributed by atoms with Gasteiger partial charge in [0.05, 0.1) is 12.1 Å². The van der Waals surface area contributed by atoms with Crippen LogP contribution in [0.3, 0.4) is 0 Å². The van der Waals surface area contributed by atoms with Gasteiger partial charge in [0.1, 0.15) is 5.75 Å². The van der Waals surface area contributed by atoms with E-state index in [9.17, 15) is 0 Å². The van der Waals surface area contributed by atoms with E-state index < -0.39 is 0 Å². The minimum absolute atomic E-state index is 0.792. The number of fused-ring (bicyclic) bond motifs is 1. The van der Waals surface area contributed by atoms with Crippen LogP contribution in [-0.2, 0) is 0 Å². The summed E-state index contributed by atoms with van der Waals surface area (Å²) < 4.78 is 8.25. The van der Waals surface area contributed by atoms with E-state index in [4.69, 9.17) is 4.74 Å². The number of ether oxygens (including phenoxy) is 1. The zero-order valence-electron chi connectivity index (χ0n) is 15.9. The number of nitrogens with zero attached hydrogens (tertiary/aromatic N) is 2. The highest BCUT2D eigenvalue weighted by atomic mass is 16.5. The molecule has 1 saturated heterocycles. The van der Waals surface area contributed by atoms with Crippen molar-refractivity contribution in [2.24, 2.45) is 0 Å². The Balaban J connectivity index is 1.42. The molecule has 1 fully saturated rings. The number of hydrogen-bond donors (Lipinski definition) is 0. The van der Waals surface area contributed by atoms with Crippen LogP contribution >= 0.6 is 0 Å². The van der Waals surface area contributed by atoms with Crippen LogP contribution in [0.1, 0.15) is 30.5 Å². The molecule has 0 N–H and O–H groups in total. The van der Waals surface area contributed by atoms with Crippen LogP contribution in [0.4, 0.5) is 0 Å². The van der Waals surface area contributed by atoms with Crippen LogP contribution in [0, 0.1) is 13.8 Å². The Kier molecular flexibility index (Phi) is 4.98. The number of rotatable bonds is 6. The highest BCUT2D eigenvalue weighted by Crippen LogP contribution is 2.26. The van der Waals surface area contributed by atoms with Gasteiger partial charge in [0.25, 0.3) is 0 Å². The van der Waals surface area contributed by atoms with Gasteiger partial charge >= 0.3 is 0 Å². The summed E-state index contributed by atoms with van der Waals surface area (Å²) >= 11 is 0. The topological polar surface area (TPSA) is 17.4 Å². The first kappa shape index (κ1) is 17.2. The third-order valence-electron chi connectivity index (χ3n) is 5.32. The fourth-order valence-electron chi connectivity index (χ4n) is 3.99. The minimum Gasteiger partial charge on any atom is -0.494 e. The van der Waals surface area contributed by atoms with Crippen LogP contribution in [-0.4, -0.2) is 35.7 Å². The molecule has 3 heteroatoms. The molecular formula is C23H28N2O. The number of aryl methyl sites for hydroxylation is 2. The largest absolute Gasteiger partial charge is 0.494 e. The summed E-state index contributed by atoms with van der Waals surface area (Å²) in [5.74, 6) is 0.958. The van der Waals surface area contributed by atoms with Gasteiger partial charge in [-0.25, -0.2) is 0 Å². The molecule has 0 spiro atoms. The van der Waals surface area contributed by atoms with E-state index in [-0.39, 0.29) is 0 Å². The molecule has 3 nitrogen and oxygen atoms in total. The zero-order valence-corrected chi connectivity index (χ0v) is 15.9. The van der Waals surface area contributed by atoms with E-state index in [1.165, 1.54) is 53.8 Å². The molecule has 0 amide bonds. The Morgan fingerprint density at radius 1 is 0.923 bits per heavy atom. The number of aromatic nitrogens is 1. The molecule has 0 bridgehead atoms. The molecular weight excluding hydrogens is 320 g/mol. The second kappa shape index (κ2) is 7.55. The van der Waals surface area contributed by atoms with Crippen LogP contribution in [0.5, 0.6) is 5.75 Å². The van der Waals surface area contributed by atoms with Gasteiger partial charge < -0.3 is 14.2 Å². The maximum atomic E-state index is 5.94. The fraction of sp³-hybridized carbons (Fsp3) is 0.391. The average Bonchev–Trinajstić information content (AvgIpc) is 3.26. The van der Waals surface area contributed by atoms with Gasteiger partial charge in [0, 0.05) is 23.3 Å². The molecule has 1 aliphatic heterocycles. The van der Waals surface area contributed by atoms with Gasteiger partial charge in [-0.1, -0.05) is 11.6 Å². The Morgan fingerprint density at radius 3 is 2.46 bits per heavy atom. The first-order chi connectivity index (χ1) is 12.7. The van der Waals surface area contributed by atoms with E-state index >= 15 is 0 Å². The van der Waals surface area contributed by atoms with Crippen molar-refractivity contribution in [2.75, 3.05) is 26.2 Å². The predicted octanol–water partition coefficient (Wildman–Crippen LogP) is 5.11. The zero-order chi connectivity index (χ0) is 17.9. The van der Waals surface area contributed by atoms with Gasteiger partial charge in [-0.05, 0) is 88.7 Å². The van der Waals surface area contributed by atoms with Crippen molar-refractivity contribution in [1.82, 2.24) is 9.47 Å². The standard InChI is InChI=1S/C23H28N2O/c1-18-6-11-23-20(16-18)17-19(2)25(23)21-7-9-22(10-8-21)26-15-5-14-24-12-3-4-13-24/h6-11,16-17H,3-5,12-15H2,1-2H3. The molecule has 3 aromatic rings. The van der Waals surface area contributed by atoms with Gasteiger partial charge in [-0.3, -0.25) is 0 Å². The molecule has 1 aromatic heterocycles. The first-order valence-corrected chi connectivity index (χ1v) is 9.75. The number of likely N-dealkylation sites (tertiary alicyclic amines) is 1. The summed E-state index contributed by atoms with van der Waals surface area (Å²) in [4.78, 5) is 2.54. The van der Waals surface area contributed by atoms with Crippen molar-refractivity contribution < 1.29 is 4.74 Å². The quantitative estimate of drug-likeness (QED) is 0.576. The average molecular weight is 348 g/mol. The molecule has 2 heterocycles. The summed E-state index contributed by atoms with van der Waals surface area (Å²) in [6, 6.07) is 17.4. The molecule has 0 saturated carbocycles. The lowest BCUT2D eigenvalue weighted by molar-refractivity contribution is 0.263. The van der Waals surface area contributed by atoms with Gasteiger partial charge in [-0.15, -0.1) is 0 Å². The monoisotopic (exact) mass is 348 g/mol. The van der Waals surface area contributed by atoms with E-state index in [0.29, 0.717) is 0 Å². The lowest BCUT2D eigenvalue weighted by atomic mass is 10.2. The van der Waals surface area contributed by atoms with Crippen molar-refractivity contribution in [3.63, 3.8) is 0 Å². The molecule has 0 unspecified atom stereocenters. The van der Waals surface area contributed by atoms with Crippen molar-refractivity contribution in [3.05, 3.63) is 59.8 Å². The maximum Gasteiger partial charge on any atom is 0.119 e. The van der Waals surface area contributed by atoms with Crippen LogP contribution in [0.25, 0.3) is 16.6 Å². The lowest BCUT2D eigenvalue weighted by Gasteiger charge is -2.14. The van der Waals surface area contributed by atoms with Crippen molar-refractivity contribution in [1.29, 1.82) is 0 Å². The summed E-state index contributed by atoms with van der Waals surface area (Å²) in [6.07, 6.45) is 3.81. The number of hydrogen-bond acceptors (Lipinski definition) is 2. The Bertz CT molecular complexity index is 873. The Morgan fingerprint density at radius 2 is 1.69 bits per heavy atom. The smallest absolute Gasteiger partial charge is 0.119 e. The normalized spacial score (nSPS) is 15.0. The van der Waals surface area contributed by atoms with Crippen LogP contribution < -0.4 is 4.74 Å². The molecule has 0 radical (unpaired) electrons. The van der Waals surface area contributed by atoms with Gasteiger partial charge in [-0.2, -0.15) is 0 Å². The van der Waals surface area contributed by atoms with Crippen LogP contribution in [0.2, 0.25) is 0 Å². The molecule has 136 valence electrons. The SMILES string of the molecule is Cc1ccc2c(c1)cc(C)n2-c1ccc(OCCCN2CCCC2)cc1. The summed E-state index contributed by atoms with van der Waals surface area (Å²) in [5.41, 5.74) is 5.00. The highest BCUT2D eigenvalue weighted by Gasteiger charge is 2.11. The maximum absolute atomic E-state index is 5.94. The molecule has 26 heavy (non-hydrogen) atoms. The van der Waals surface area contributed by atoms with Gasteiger partial charge in [0.15, 0.2) is 0 Å². The molecule has 1 aliphatic rings. The molecule has 4 rings (SSSR count). The minimum atomic E-state index is 0.792.